The number of benzene rings is 2. The maximum absolute atomic E-state index is 5.82. The summed E-state index contributed by atoms with van der Waals surface area (Å²) >= 11 is 0. The Hall–Kier alpha value is -1.76. The van der Waals surface area contributed by atoms with Crippen LogP contribution in [0.2, 0.25) is 0 Å². The van der Waals surface area contributed by atoms with Crippen molar-refractivity contribution >= 4 is 0 Å². The van der Waals surface area contributed by atoms with Crippen LogP contribution >= 0.6 is 0 Å². The lowest BCUT2D eigenvalue weighted by Gasteiger charge is -2.10. The Morgan fingerprint density at radius 1 is 0.944 bits per heavy atom. The van der Waals surface area contributed by atoms with Crippen molar-refractivity contribution in [1.29, 1.82) is 0 Å². The first-order chi connectivity index (χ1) is 8.66. The minimum atomic E-state index is 0.580. The lowest BCUT2D eigenvalue weighted by Crippen LogP contribution is -1.97. The van der Waals surface area contributed by atoms with Gasteiger partial charge in [-0.05, 0) is 35.6 Å². The first kappa shape index (κ1) is 12.7. The van der Waals surface area contributed by atoms with Crippen LogP contribution in [0.1, 0.15) is 36.5 Å². The van der Waals surface area contributed by atoms with Gasteiger partial charge < -0.3 is 4.74 Å². The van der Waals surface area contributed by atoms with Crippen LogP contribution in [0.3, 0.4) is 0 Å². The highest BCUT2D eigenvalue weighted by Crippen LogP contribution is 2.19. The van der Waals surface area contributed by atoms with Crippen LogP contribution in [0, 0.1) is 6.92 Å². The number of ether oxygens (including phenoxy) is 1. The van der Waals surface area contributed by atoms with E-state index in [9.17, 15) is 0 Å². The molecule has 0 aliphatic heterocycles. The lowest BCUT2D eigenvalue weighted by molar-refractivity contribution is 0.304. The van der Waals surface area contributed by atoms with E-state index in [0.29, 0.717) is 12.5 Å². The van der Waals surface area contributed by atoms with E-state index in [1.165, 1.54) is 16.7 Å². The Morgan fingerprint density at radius 3 is 2.22 bits per heavy atom. The summed E-state index contributed by atoms with van der Waals surface area (Å²) in [6.07, 6.45) is 0. The van der Waals surface area contributed by atoms with Gasteiger partial charge in [0.1, 0.15) is 12.4 Å². The molecule has 0 spiro atoms. The van der Waals surface area contributed by atoms with Crippen molar-refractivity contribution in [2.75, 3.05) is 0 Å². The SMILES string of the molecule is Cc1ccccc1OCc1ccc(C(C)C)cc1. The highest BCUT2D eigenvalue weighted by Gasteiger charge is 2.01. The van der Waals surface area contributed by atoms with E-state index in [1.54, 1.807) is 0 Å². The van der Waals surface area contributed by atoms with Crippen molar-refractivity contribution in [1.82, 2.24) is 0 Å². The number of aryl methyl sites for hydroxylation is 1. The summed E-state index contributed by atoms with van der Waals surface area (Å²) in [4.78, 5) is 0. The summed E-state index contributed by atoms with van der Waals surface area (Å²) in [6.45, 7) is 7.11. The molecule has 0 unspecified atom stereocenters. The topological polar surface area (TPSA) is 9.23 Å². The van der Waals surface area contributed by atoms with Crippen molar-refractivity contribution in [3.8, 4) is 5.75 Å². The van der Waals surface area contributed by atoms with Gasteiger partial charge >= 0.3 is 0 Å². The zero-order chi connectivity index (χ0) is 13.0. The molecule has 0 atom stereocenters. The predicted octanol–water partition coefficient (Wildman–Crippen LogP) is 4.70. The molecule has 2 rings (SSSR count). The maximum Gasteiger partial charge on any atom is 0.122 e. The summed E-state index contributed by atoms with van der Waals surface area (Å²) in [5.41, 5.74) is 3.76. The molecular weight excluding hydrogens is 220 g/mol. The Balaban J connectivity index is 2.00. The van der Waals surface area contributed by atoms with E-state index in [2.05, 4.69) is 51.1 Å². The highest BCUT2D eigenvalue weighted by molar-refractivity contribution is 5.32. The maximum atomic E-state index is 5.82. The van der Waals surface area contributed by atoms with Crippen LogP contribution in [0.4, 0.5) is 0 Å². The fourth-order valence-corrected chi connectivity index (χ4v) is 1.88. The van der Waals surface area contributed by atoms with Crippen LogP contribution in [0.25, 0.3) is 0 Å². The Labute approximate surface area is 109 Å². The summed E-state index contributed by atoms with van der Waals surface area (Å²) in [7, 11) is 0. The van der Waals surface area contributed by atoms with Gasteiger partial charge in [-0.2, -0.15) is 0 Å². The summed E-state index contributed by atoms with van der Waals surface area (Å²) in [5.74, 6) is 1.54. The average Bonchev–Trinajstić information content (AvgIpc) is 2.38. The molecule has 0 aliphatic carbocycles. The largest absolute Gasteiger partial charge is 0.489 e. The van der Waals surface area contributed by atoms with Gasteiger partial charge in [-0.25, -0.2) is 0 Å². The second-order valence-corrected chi connectivity index (χ2v) is 4.95. The minimum absolute atomic E-state index is 0.580. The fourth-order valence-electron chi connectivity index (χ4n) is 1.88. The molecule has 2 aromatic carbocycles. The van der Waals surface area contributed by atoms with Crippen LogP contribution in [0.5, 0.6) is 5.75 Å². The van der Waals surface area contributed by atoms with Gasteiger partial charge in [-0.3, -0.25) is 0 Å². The number of hydrogen-bond acceptors (Lipinski definition) is 1. The zero-order valence-corrected chi connectivity index (χ0v) is 11.3. The molecule has 0 aromatic heterocycles. The molecule has 0 amide bonds. The third-order valence-electron chi connectivity index (χ3n) is 3.13. The van der Waals surface area contributed by atoms with E-state index >= 15 is 0 Å². The standard InChI is InChI=1S/C17H20O/c1-13(2)16-10-8-15(9-11-16)12-18-17-7-5-4-6-14(17)3/h4-11,13H,12H2,1-3H3. The van der Waals surface area contributed by atoms with Gasteiger partial charge in [-0.1, -0.05) is 56.3 Å². The monoisotopic (exact) mass is 240 g/mol. The number of para-hydroxylation sites is 1. The fraction of sp³-hybridized carbons (Fsp3) is 0.294. The number of rotatable bonds is 4. The summed E-state index contributed by atoms with van der Waals surface area (Å²) in [6, 6.07) is 16.8. The van der Waals surface area contributed by atoms with Gasteiger partial charge in [0.15, 0.2) is 0 Å². The second-order valence-electron chi connectivity index (χ2n) is 4.95. The normalized spacial score (nSPS) is 10.7. The molecule has 0 radical (unpaired) electrons. The Kier molecular flexibility index (Phi) is 4.03. The minimum Gasteiger partial charge on any atom is -0.489 e. The third-order valence-corrected chi connectivity index (χ3v) is 3.13. The van der Waals surface area contributed by atoms with Crippen LogP contribution in [-0.4, -0.2) is 0 Å². The molecule has 0 aliphatic rings. The Bertz CT molecular complexity index is 497. The predicted molar refractivity (Wildman–Crippen MR) is 76.0 cm³/mol. The van der Waals surface area contributed by atoms with Crippen LogP contribution in [-0.2, 0) is 6.61 Å². The highest BCUT2D eigenvalue weighted by atomic mass is 16.5. The van der Waals surface area contributed by atoms with Gasteiger partial charge in [-0.15, -0.1) is 0 Å². The molecule has 0 heterocycles. The van der Waals surface area contributed by atoms with Crippen molar-refractivity contribution in [2.24, 2.45) is 0 Å². The quantitative estimate of drug-likeness (QED) is 0.752. The molecule has 2 aromatic rings. The average molecular weight is 240 g/mol. The van der Waals surface area contributed by atoms with Crippen LogP contribution in [0.15, 0.2) is 48.5 Å². The van der Waals surface area contributed by atoms with Gasteiger partial charge in [0.05, 0.1) is 0 Å². The first-order valence-corrected chi connectivity index (χ1v) is 6.44. The molecule has 1 nitrogen and oxygen atoms in total. The molecule has 1 heteroatoms. The van der Waals surface area contributed by atoms with Gasteiger partial charge in [0, 0.05) is 0 Å². The third kappa shape index (κ3) is 3.13. The van der Waals surface area contributed by atoms with Crippen molar-refractivity contribution in [3.63, 3.8) is 0 Å². The van der Waals surface area contributed by atoms with Crippen molar-refractivity contribution < 1.29 is 4.74 Å². The summed E-state index contributed by atoms with van der Waals surface area (Å²) in [5, 5.41) is 0. The van der Waals surface area contributed by atoms with Gasteiger partial charge in [0.25, 0.3) is 0 Å². The molecule has 0 bridgehead atoms. The van der Waals surface area contributed by atoms with Crippen LogP contribution < -0.4 is 4.74 Å². The summed E-state index contributed by atoms with van der Waals surface area (Å²) < 4.78 is 5.82. The van der Waals surface area contributed by atoms with E-state index in [1.807, 2.05) is 18.2 Å². The van der Waals surface area contributed by atoms with E-state index in [4.69, 9.17) is 4.74 Å². The molecule has 0 saturated heterocycles. The van der Waals surface area contributed by atoms with Crippen molar-refractivity contribution in [3.05, 3.63) is 65.2 Å². The van der Waals surface area contributed by atoms with Crippen molar-refractivity contribution in [2.45, 2.75) is 33.3 Å². The molecule has 0 N–H and O–H groups in total. The van der Waals surface area contributed by atoms with E-state index < -0.39 is 0 Å². The zero-order valence-electron chi connectivity index (χ0n) is 11.3. The van der Waals surface area contributed by atoms with E-state index in [-0.39, 0.29) is 0 Å². The molecule has 0 saturated carbocycles. The molecular formula is C17H20O. The van der Waals surface area contributed by atoms with E-state index in [0.717, 1.165) is 5.75 Å². The van der Waals surface area contributed by atoms with Gasteiger partial charge in [0.2, 0.25) is 0 Å². The smallest absolute Gasteiger partial charge is 0.122 e. The lowest BCUT2D eigenvalue weighted by atomic mass is 10.0. The molecule has 0 fully saturated rings. The molecule has 18 heavy (non-hydrogen) atoms. The number of hydrogen-bond donors (Lipinski definition) is 0. The second kappa shape index (κ2) is 5.72. The molecule has 94 valence electrons. The first-order valence-electron chi connectivity index (χ1n) is 6.44. The Morgan fingerprint density at radius 2 is 1.61 bits per heavy atom.